The van der Waals surface area contributed by atoms with E-state index < -0.39 is 0 Å². The van der Waals surface area contributed by atoms with Crippen LogP contribution in [0.5, 0.6) is 0 Å². The summed E-state index contributed by atoms with van der Waals surface area (Å²) in [6.45, 7) is 7.30. The van der Waals surface area contributed by atoms with Crippen LogP contribution in [0.15, 0.2) is 30.3 Å². The van der Waals surface area contributed by atoms with Crippen LogP contribution in [0.4, 0.5) is 0 Å². The zero-order valence-electron chi connectivity index (χ0n) is 11.4. The Morgan fingerprint density at radius 1 is 1.28 bits per heavy atom. The van der Waals surface area contributed by atoms with Crippen molar-refractivity contribution in [3.8, 4) is 0 Å². The molecule has 3 nitrogen and oxygen atoms in total. The number of carbonyl (C=O) groups is 1. The van der Waals surface area contributed by atoms with Crippen molar-refractivity contribution in [1.82, 2.24) is 5.32 Å². The Labute approximate surface area is 109 Å². The van der Waals surface area contributed by atoms with E-state index in [1.54, 1.807) is 6.08 Å². The lowest BCUT2D eigenvalue weighted by Crippen LogP contribution is -2.35. The van der Waals surface area contributed by atoms with Crippen molar-refractivity contribution in [3.63, 3.8) is 0 Å². The third-order valence-electron chi connectivity index (χ3n) is 2.43. The standard InChI is InChI=1S/C15H22N2O/c1-15(2,3)17-11-13-9-7-12(8-10-13)5-4-6-14(16)18/h4-5,7-10,17H,6,11H2,1-3H3,(H2,16,18). The van der Waals surface area contributed by atoms with Crippen LogP contribution in [-0.2, 0) is 11.3 Å². The molecule has 0 aliphatic carbocycles. The molecule has 0 saturated carbocycles. The molecule has 0 heterocycles. The minimum absolute atomic E-state index is 0.125. The number of nitrogens with one attached hydrogen (secondary N) is 1. The fourth-order valence-corrected chi connectivity index (χ4v) is 1.42. The fraction of sp³-hybridized carbons (Fsp3) is 0.400. The topological polar surface area (TPSA) is 55.1 Å². The zero-order valence-corrected chi connectivity index (χ0v) is 11.4. The zero-order chi connectivity index (χ0) is 13.6. The van der Waals surface area contributed by atoms with Gasteiger partial charge in [-0.1, -0.05) is 36.4 Å². The van der Waals surface area contributed by atoms with E-state index in [2.05, 4.69) is 38.2 Å². The van der Waals surface area contributed by atoms with Gasteiger partial charge in [-0.15, -0.1) is 0 Å². The van der Waals surface area contributed by atoms with Gasteiger partial charge in [0.15, 0.2) is 0 Å². The molecule has 0 unspecified atom stereocenters. The summed E-state index contributed by atoms with van der Waals surface area (Å²) >= 11 is 0. The van der Waals surface area contributed by atoms with E-state index in [0.717, 1.165) is 12.1 Å². The molecule has 3 N–H and O–H groups in total. The number of rotatable bonds is 5. The van der Waals surface area contributed by atoms with Gasteiger partial charge in [0, 0.05) is 18.5 Å². The van der Waals surface area contributed by atoms with Crippen LogP contribution >= 0.6 is 0 Å². The second-order valence-electron chi connectivity index (χ2n) is 5.42. The Morgan fingerprint density at radius 2 is 1.89 bits per heavy atom. The average molecular weight is 246 g/mol. The first kappa shape index (κ1) is 14.5. The average Bonchev–Trinajstić information content (AvgIpc) is 2.26. The van der Waals surface area contributed by atoms with Gasteiger partial charge in [-0.05, 0) is 31.9 Å². The Kier molecular flexibility index (Phi) is 5.10. The number of hydrogen-bond acceptors (Lipinski definition) is 2. The van der Waals surface area contributed by atoms with Gasteiger partial charge in [0.05, 0.1) is 0 Å². The van der Waals surface area contributed by atoms with Gasteiger partial charge in [-0.25, -0.2) is 0 Å². The van der Waals surface area contributed by atoms with Crippen molar-refractivity contribution in [2.24, 2.45) is 5.73 Å². The molecule has 3 heteroatoms. The molecule has 18 heavy (non-hydrogen) atoms. The number of nitrogens with two attached hydrogens (primary N) is 1. The Hall–Kier alpha value is -1.61. The minimum atomic E-state index is -0.308. The van der Waals surface area contributed by atoms with E-state index in [1.165, 1.54) is 5.56 Å². The van der Waals surface area contributed by atoms with Gasteiger partial charge in [0.25, 0.3) is 0 Å². The monoisotopic (exact) mass is 246 g/mol. The van der Waals surface area contributed by atoms with Crippen molar-refractivity contribution in [3.05, 3.63) is 41.5 Å². The van der Waals surface area contributed by atoms with Crippen molar-refractivity contribution >= 4 is 12.0 Å². The second-order valence-corrected chi connectivity index (χ2v) is 5.42. The molecular formula is C15H22N2O. The number of primary amides is 1. The van der Waals surface area contributed by atoms with Gasteiger partial charge in [-0.2, -0.15) is 0 Å². The van der Waals surface area contributed by atoms with Gasteiger partial charge >= 0.3 is 0 Å². The number of amides is 1. The number of carbonyl (C=O) groups excluding carboxylic acids is 1. The first-order valence-corrected chi connectivity index (χ1v) is 6.16. The van der Waals surface area contributed by atoms with Gasteiger partial charge in [0.2, 0.25) is 5.91 Å². The first-order chi connectivity index (χ1) is 8.37. The maximum absolute atomic E-state index is 10.6. The highest BCUT2D eigenvalue weighted by Crippen LogP contribution is 2.08. The van der Waals surface area contributed by atoms with E-state index in [4.69, 9.17) is 5.73 Å². The van der Waals surface area contributed by atoms with E-state index in [0.29, 0.717) is 0 Å². The summed E-state index contributed by atoms with van der Waals surface area (Å²) in [4.78, 5) is 10.6. The van der Waals surface area contributed by atoms with E-state index in [9.17, 15) is 4.79 Å². The summed E-state index contributed by atoms with van der Waals surface area (Å²) in [6.07, 6.45) is 3.98. The molecule has 0 aromatic heterocycles. The highest BCUT2D eigenvalue weighted by atomic mass is 16.1. The molecular weight excluding hydrogens is 224 g/mol. The lowest BCUT2D eigenvalue weighted by molar-refractivity contribution is -0.117. The maximum Gasteiger partial charge on any atom is 0.221 e. The van der Waals surface area contributed by atoms with Crippen LogP contribution in [0.2, 0.25) is 0 Å². The molecule has 0 atom stereocenters. The normalized spacial score (nSPS) is 11.9. The van der Waals surface area contributed by atoms with Crippen LogP contribution in [0.3, 0.4) is 0 Å². The molecule has 1 aromatic rings. The predicted molar refractivity (Wildman–Crippen MR) is 75.9 cm³/mol. The molecule has 0 saturated heterocycles. The Balaban J connectivity index is 2.52. The molecule has 0 aliphatic rings. The van der Waals surface area contributed by atoms with Crippen molar-refractivity contribution in [2.75, 3.05) is 0 Å². The lowest BCUT2D eigenvalue weighted by Gasteiger charge is -2.20. The molecule has 0 spiro atoms. The molecule has 98 valence electrons. The van der Waals surface area contributed by atoms with Gasteiger partial charge < -0.3 is 11.1 Å². The third kappa shape index (κ3) is 6.21. The van der Waals surface area contributed by atoms with Crippen LogP contribution in [0, 0.1) is 0 Å². The quantitative estimate of drug-likeness (QED) is 0.838. The molecule has 1 rings (SSSR count). The molecule has 0 radical (unpaired) electrons. The SMILES string of the molecule is CC(C)(C)NCc1ccc(C=CCC(N)=O)cc1. The van der Waals surface area contributed by atoms with Gasteiger partial charge in [-0.3, -0.25) is 4.79 Å². The van der Waals surface area contributed by atoms with E-state index >= 15 is 0 Å². The summed E-state index contributed by atoms with van der Waals surface area (Å²) in [5.41, 5.74) is 7.51. The molecule has 0 bridgehead atoms. The van der Waals surface area contributed by atoms with E-state index in [1.807, 2.05) is 18.2 Å². The first-order valence-electron chi connectivity index (χ1n) is 6.16. The van der Waals surface area contributed by atoms with Crippen LogP contribution in [0.25, 0.3) is 6.08 Å². The van der Waals surface area contributed by atoms with Crippen molar-refractivity contribution in [2.45, 2.75) is 39.3 Å². The highest BCUT2D eigenvalue weighted by molar-refractivity contribution is 5.76. The predicted octanol–water partition coefficient (Wildman–Crippen LogP) is 2.46. The molecule has 1 aromatic carbocycles. The largest absolute Gasteiger partial charge is 0.369 e. The summed E-state index contributed by atoms with van der Waals surface area (Å²) in [6, 6.07) is 8.25. The summed E-state index contributed by atoms with van der Waals surface area (Å²) in [5.74, 6) is -0.308. The van der Waals surface area contributed by atoms with E-state index in [-0.39, 0.29) is 17.9 Å². The van der Waals surface area contributed by atoms with Crippen LogP contribution in [-0.4, -0.2) is 11.4 Å². The minimum Gasteiger partial charge on any atom is -0.369 e. The van der Waals surface area contributed by atoms with Crippen molar-refractivity contribution in [1.29, 1.82) is 0 Å². The highest BCUT2D eigenvalue weighted by Gasteiger charge is 2.07. The van der Waals surface area contributed by atoms with Crippen LogP contribution < -0.4 is 11.1 Å². The van der Waals surface area contributed by atoms with Gasteiger partial charge in [0.1, 0.15) is 0 Å². The molecule has 1 amide bonds. The third-order valence-corrected chi connectivity index (χ3v) is 2.43. The summed E-state index contributed by atoms with van der Waals surface area (Å²) in [7, 11) is 0. The smallest absolute Gasteiger partial charge is 0.221 e. The molecule has 0 aliphatic heterocycles. The maximum atomic E-state index is 10.6. The Morgan fingerprint density at radius 3 is 2.39 bits per heavy atom. The van der Waals surface area contributed by atoms with Crippen molar-refractivity contribution < 1.29 is 4.79 Å². The number of benzene rings is 1. The summed E-state index contributed by atoms with van der Waals surface area (Å²) in [5, 5.41) is 3.44. The number of hydrogen-bond donors (Lipinski definition) is 2. The second kappa shape index (κ2) is 6.36. The summed E-state index contributed by atoms with van der Waals surface area (Å²) < 4.78 is 0. The lowest BCUT2D eigenvalue weighted by atomic mass is 10.1. The van der Waals surface area contributed by atoms with Crippen LogP contribution in [0.1, 0.15) is 38.3 Å². The fourth-order valence-electron chi connectivity index (χ4n) is 1.42. The molecule has 0 fully saturated rings. The Bertz CT molecular complexity index is 413.